The van der Waals surface area contributed by atoms with Crippen LogP contribution in [0, 0.1) is 5.92 Å². The molecule has 0 aromatic carbocycles. The molecule has 0 saturated carbocycles. The third-order valence-electron chi connectivity index (χ3n) is 1.92. The quantitative estimate of drug-likeness (QED) is 0.826. The van der Waals surface area contributed by atoms with E-state index in [9.17, 15) is 4.79 Å². The summed E-state index contributed by atoms with van der Waals surface area (Å²) in [5, 5.41) is 3.73. The SMILES string of the molecule is CC(CBr)CNC(=O)c1cncn1C. The third kappa shape index (κ3) is 2.83. The van der Waals surface area contributed by atoms with Gasteiger partial charge in [0.2, 0.25) is 0 Å². The fourth-order valence-corrected chi connectivity index (χ4v) is 1.22. The van der Waals surface area contributed by atoms with E-state index < -0.39 is 0 Å². The molecule has 5 heteroatoms. The molecular weight excluding hydrogens is 246 g/mol. The molecule has 4 nitrogen and oxygen atoms in total. The highest BCUT2D eigenvalue weighted by Crippen LogP contribution is 1.99. The van der Waals surface area contributed by atoms with Gasteiger partial charge in [-0.25, -0.2) is 4.98 Å². The first kappa shape index (κ1) is 11.2. The highest BCUT2D eigenvalue weighted by molar-refractivity contribution is 9.09. The maximum absolute atomic E-state index is 11.6. The molecule has 78 valence electrons. The van der Waals surface area contributed by atoms with Crippen LogP contribution in [-0.2, 0) is 7.05 Å². The topological polar surface area (TPSA) is 46.9 Å². The van der Waals surface area contributed by atoms with E-state index in [0.29, 0.717) is 18.2 Å². The molecule has 0 aliphatic heterocycles. The third-order valence-corrected chi connectivity index (χ3v) is 3.03. The maximum atomic E-state index is 11.6. The Kier molecular flexibility index (Phi) is 4.13. The van der Waals surface area contributed by atoms with Crippen LogP contribution in [0.5, 0.6) is 0 Å². The molecule has 1 unspecified atom stereocenters. The summed E-state index contributed by atoms with van der Waals surface area (Å²) in [6.07, 6.45) is 3.18. The molecular formula is C9H14BrN3O. The van der Waals surface area contributed by atoms with Gasteiger partial charge in [0.1, 0.15) is 5.69 Å². The summed E-state index contributed by atoms with van der Waals surface area (Å²) < 4.78 is 1.70. The number of halogens is 1. The van der Waals surface area contributed by atoms with Gasteiger partial charge in [-0.3, -0.25) is 4.79 Å². The van der Waals surface area contributed by atoms with Crippen molar-refractivity contribution < 1.29 is 4.79 Å². The second-order valence-electron chi connectivity index (χ2n) is 3.36. The van der Waals surface area contributed by atoms with Gasteiger partial charge in [-0.05, 0) is 5.92 Å². The summed E-state index contributed by atoms with van der Waals surface area (Å²) in [7, 11) is 1.80. The smallest absolute Gasteiger partial charge is 0.269 e. The molecule has 1 heterocycles. The molecule has 1 aromatic rings. The monoisotopic (exact) mass is 259 g/mol. The number of alkyl halides is 1. The summed E-state index contributed by atoms with van der Waals surface area (Å²) >= 11 is 3.36. The van der Waals surface area contributed by atoms with Crippen LogP contribution in [0.25, 0.3) is 0 Å². The standard InChI is InChI=1S/C9H14BrN3O/c1-7(3-10)4-12-9(14)8-5-11-6-13(8)2/h5-7H,3-4H2,1-2H3,(H,12,14). The maximum Gasteiger partial charge on any atom is 0.269 e. The zero-order chi connectivity index (χ0) is 10.6. The lowest BCUT2D eigenvalue weighted by Gasteiger charge is -2.09. The number of carbonyl (C=O) groups is 1. The number of aryl methyl sites for hydroxylation is 1. The normalized spacial score (nSPS) is 12.5. The van der Waals surface area contributed by atoms with Crippen LogP contribution >= 0.6 is 15.9 Å². The first-order valence-electron chi connectivity index (χ1n) is 4.45. The minimum Gasteiger partial charge on any atom is -0.350 e. The number of nitrogens with zero attached hydrogens (tertiary/aromatic N) is 2. The van der Waals surface area contributed by atoms with Crippen molar-refractivity contribution >= 4 is 21.8 Å². The Morgan fingerprint density at radius 2 is 2.50 bits per heavy atom. The first-order valence-corrected chi connectivity index (χ1v) is 5.57. The minimum absolute atomic E-state index is 0.0715. The summed E-state index contributed by atoms with van der Waals surface area (Å²) in [5.41, 5.74) is 0.590. The van der Waals surface area contributed by atoms with Crippen molar-refractivity contribution in [3.8, 4) is 0 Å². The van der Waals surface area contributed by atoms with Crippen LogP contribution in [0.15, 0.2) is 12.5 Å². The number of imidazole rings is 1. The molecule has 0 aliphatic carbocycles. The van der Waals surface area contributed by atoms with Crippen molar-refractivity contribution in [1.82, 2.24) is 14.9 Å². The highest BCUT2D eigenvalue weighted by Gasteiger charge is 2.09. The van der Waals surface area contributed by atoms with E-state index in [-0.39, 0.29) is 5.91 Å². The van der Waals surface area contributed by atoms with Crippen LogP contribution in [0.2, 0.25) is 0 Å². The van der Waals surface area contributed by atoms with E-state index in [4.69, 9.17) is 0 Å². The number of nitrogens with one attached hydrogen (secondary N) is 1. The van der Waals surface area contributed by atoms with Gasteiger partial charge in [0.25, 0.3) is 5.91 Å². The van der Waals surface area contributed by atoms with Crippen LogP contribution in [0.4, 0.5) is 0 Å². The number of hydrogen-bond acceptors (Lipinski definition) is 2. The van der Waals surface area contributed by atoms with Gasteiger partial charge >= 0.3 is 0 Å². The average molecular weight is 260 g/mol. The lowest BCUT2D eigenvalue weighted by Crippen LogP contribution is -2.30. The van der Waals surface area contributed by atoms with Crippen molar-refractivity contribution in [1.29, 1.82) is 0 Å². The van der Waals surface area contributed by atoms with Gasteiger partial charge in [-0.1, -0.05) is 22.9 Å². The summed E-state index contributed by atoms with van der Waals surface area (Å²) in [6.45, 7) is 2.74. The summed E-state index contributed by atoms with van der Waals surface area (Å²) in [5.74, 6) is 0.366. The number of carbonyl (C=O) groups excluding carboxylic acids is 1. The number of aromatic nitrogens is 2. The Morgan fingerprint density at radius 1 is 1.79 bits per heavy atom. The van der Waals surface area contributed by atoms with E-state index in [1.54, 1.807) is 24.1 Å². The van der Waals surface area contributed by atoms with Crippen LogP contribution in [0.1, 0.15) is 17.4 Å². The van der Waals surface area contributed by atoms with Gasteiger partial charge in [0.05, 0.1) is 12.5 Å². The van der Waals surface area contributed by atoms with E-state index in [1.165, 1.54) is 0 Å². The highest BCUT2D eigenvalue weighted by atomic mass is 79.9. The zero-order valence-electron chi connectivity index (χ0n) is 8.33. The molecule has 0 bridgehead atoms. The van der Waals surface area contributed by atoms with E-state index in [0.717, 1.165) is 5.33 Å². The molecule has 1 aromatic heterocycles. The Labute approximate surface area is 91.8 Å². The molecule has 1 amide bonds. The van der Waals surface area contributed by atoms with Gasteiger partial charge in [0, 0.05) is 18.9 Å². The van der Waals surface area contributed by atoms with E-state index in [1.807, 2.05) is 0 Å². The van der Waals surface area contributed by atoms with E-state index >= 15 is 0 Å². The predicted octanol–water partition coefficient (Wildman–Crippen LogP) is 1.18. The molecule has 1 N–H and O–H groups in total. The molecule has 0 radical (unpaired) electrons. The summed E-state index contributed by atoms with van der Waals surface area (Å²) in [4.78, 5) is 15.4. The lowest BCUT2D eigenvalue weighted by molar-refractivity contribution is 0.0941. The first-order chi connectivity index (χ1) is 6.65. The largest absolute Gasteiger partial charge is 0.350 e. The molecule has 0 fully saturated rings. The fourth-order valence-electron chi connectivity index (χ4n) is 0.988. The Hall–Kier alpha value is -0.840. The molecule has 1 atom stereocenters. The fraction of sp³-hybridized carbons (Fsp3) is 0.556. The van der Waals surface area contributed by atoms with Crippen molar-refractivity contribution in [2.75, 3.05) is 11.9 Å². The molecule has 0 spiro atoms. The Morgan fingerprint density at radius 3 is 3.00 bits per heavy atom. The number of hydrogen-bond donors (Lipinski definition) is 1. The molecule has 0 saturated heterocycles. The van der Waals surface area contributed by atoms with Crippen molar-refractivity contribution in [3.05, 3.63) is 18.2 Å². The number of amides is 1. The van der Waals surface area contributed by atoms with E-state index in [2.05, 4.69) is 33.2 Å². The second-order valence-corrected chi connectivity index (χ2v) is 4.01. The van der Waals surface area contributed by atoms with Crippen LogP contribution in [-0.4, -0.2) is 27.3 Å². The number of rotatable bonds is 4. The van der Waals surface area contributed by atoms with Gasteiger partial charge < -0.3 is 9.88 Å². The molecule has 1 rings (SSSR count). The summed E-state index contributed by atoms with van der Waals surface area (Å²) in [6, 6.07) is 0. The van der Waals surface area contributed by atoms with Crippen molar-refractivity contribution in [3.63, 3.8) is 0 Å². The van der Waals surface area contributed by atoms with Crippen LogP contribution < -0.4 is 5.32 Å². The Bertz CT molecular complexity index is 311. The second kappa shape index (κ2) is 5.14. The molecule has 14 heavy (non-hydrogen) atoms. The predicted molar refractivity (Wildman–Crippen MR) is 58.5 cm³/mol. The molecule has 0 aliphatic rings. The van der Waals surface area contributed by atoms with Crippen LogP contribution in [0.3, 0.4) is 0 Å². The van der Waals surface area contributed by atoms with Gasteiger partial charge in [0.15, 0.2) is 0 Å². The zero-order valence-corrected chi connectivity index (χ0v) is 9.91. The Balaban J connectivity index is 2.47. The lowest BCUT2D eigenvalue weighted by atomic mass is 10.2. The average Bonchev–Trinajstić information content (AvgIpc) is 2.60. The minimum atomic E-state index is -0.0715. The van der Waals surface area contributed by atoms with Gasteiger partial charge in [-0.2, -0.15) is 0 Å². The van der Waals surface area contributed by atoms with Gasteiger partial charge in [-0.15, -0.1) is 0 Å². The van der Waals surface area contributed by atoms with Crippen molar-refractivity contribution in [2.24, 2.45) is 13.0 Å². The van der Waals surface area contributed by atoms with Crippen molar-refractivity contribution in [2.45, 2.75) is 6.92 Å².